The molecule has 178 valence electrons. The maximum atomic E-state index is 9.60. The molecule has 3 heterocycles. The average Bonchev–Trinajstić information content (AvgIpc) is 3.31. The molecule has 1 aromatic carbocycles. The molecule has 9 heteroatoms. The number of aliphatic hydroxyl groups excluding tert-OH is 1. The number of fused-ring (bicyclic) bond motifs is 1. The van der Waals surface area contributed by atoms with Crippen molar-refractivity contribution in [1.29, 1.82) is 0 Å². The molecule has 0 bridgehead atoms. The molecule has 4 N–H and O–H groups in total. The van der Waals surface area contributed by atoms with Crippen molar-refractivity contribution >= 4 is 28.6 Å². The summed E-state index contributed by atoms with van der Waals surface area (Å²) in [5.41, 5.74) is 5.57. The Balaban J connectivity index is 1.56. The smallest absolute Gasteiger partial charge is 0.227 e. The SMILES string of the molecule is CCC(CO)Nc1nc(NCc2ccc(-c3ccc(NC)cn3)cc2)c2ncn(C(C)C)c2n1. The number of aliphatic hydroxyl groups is 1. The third-order valence-electron chi connectivity index (χ3n) is 5.79. The van der Waals surface area contributed by atoms with Crippen LogP contribution in [0.4, 0.5) is 17.5 Å². The number of pyridine rings is 1. The first-order valence-corrected chi connectivity index (χ1v) is 11.6. The zero-order chi connectivity index (χ0) is 24.1. The van der Waals surface area contributed by atoms with E-state index in [9.17, 15) is 5.11 Å². The zero-order valence-electron chi connectivity index (χ0n) is 20.1. The fourth-order valence-electron chi connectivity index (χ4n) is 3.63. The summed E-state index contributed by atoms with van der Waals surface area (Å²) in [6, 6.07) is 12.4. The number of aromatic nitrogens is 5. The molecule has 0 spiro atoms. The molecule has 1 unspecified atom stereocenters. The molecule has 0 fully saturated rings. The zero-order valence-corrected chi connectivity index (χ0v) is 20.1. The minimum absolute atomic E-state index is 0.0169. The largest absolute Gasteiger partial charge is 0.394 e. The predicted octanol–water partition coefficient (Wildman–Crippen LogP) is 4.31. The Kier molecular flexibility index (Phi) is 7.22. The molecule has 4 rings (SSSR count). The molecular formula is C25H32N8O. The Morgan fingerprint density at radius 2 is 1.82 bits per heavy atom. The minimum atomic E-state index is -0.107. The second kappa shape index (κ2) is 10.5. The van der Waals surface area contributed by atoms with E-state index in [1.807, 2.05) is 36.9 Å². The van der Waals surface area contributed by atoms with Crippen LogP contribution < -0.4 is 16.0 Å². The highest BCUT2D eigenvalue weighted by Gasteiger charge is 2.16. The highest BCUT2D eigenvalue weighted by molar-refractivity contribution is 5.84. The number of nitrogens with zero attached hydrogens (tertiary/aromatic N) is 5. The van der Waals surface area contributed by atoms with E-state index in [1.54, 1.807) is 6.33 Å². The fraction of sp³-hybridized carbons (Fsp3) is 0.360. The van der Waals surface area contributed by atoms with Gasteiger partial charge in [-0.1, -0.05) is 31.2 Å². The summed E-state index contributed by atoms with van der Waals surface area (Å²) in [4.78, 5) is 18.4. The van der Waals surface area contributed by atoms with Gasteiger partial charge in [0.1, 0.15) is 0 Å². The molecule has 4 aromatic rings. The first-order chi connectivity index (χ1) is 16.5. The summed E-state index contributed by atoms with van der Waals surface area (Å²) in [6.07, 6.45) is 4.39. The van der Waals surface area contributed by atoms with E-state index in [0.717, 1.165) is 40.1 Å². The summed E-state index contributed by atoms with van der Waals surface area (Å²) in [5, 5.41) is 19.3. The normalized spacial score (nSPS) is 12.2. The van der Waals surface area contributed by atoms with E-state index >= 15 is 0 Å². The molecule has 0 aliphatic rings. The monoisotopic (exact) mass is 460 g/mol. The van der Waals surface area contributed by atoms with Gasteiger partial charge in [0.15, 0.2) is 17.0 Å². The van der Waals surface area contributed by atoms with Crippen LogP contribution in [0.3, 0.4) is 0 Å². The van der Waals surface area contributed by atoms with Crippen LogP contribution in [-0.4, -0.2) is 49.3 Å². The van der Waals surface area contributed by atoms with Crippen LogP contribution in [0.25, 0.3) is 22.4 Å². The van der Waals surface area contributed by atoms with Crippen LogP contribution in [0.1, 0.15) is 38.8 Å². The maximum Gasteiger partial charge on any atom is 0.227 e. The number of benzene rings is 1. The quantitative estimate of drug-likeness (QED) is 0.277. The van der Waals surface area contributed by atoms with Crippen molar-refractivity contribution in [3.05, 3.63) is 54.5 Å². The third kappa shape index (κ3) is 5.09. The first kappa shape index (κ1) is 23.4. The Morgan fingerprint density at radius 1 is 1.03 bits per heavy atom. The molecule has 0 saturated heterocycles. The van der Waals surface area contributed by atoms with Crippen molar-refractivity contribution < 1.29 is 5.11 Å². The van der Waals surface area contributed by atoms with Crippen LogP contribution >= 0.6 is 0 Å². The van der Waals surface area contributed by atoms with Crippen LogP contribution in [-0.2, 0) is 6.54 Å². The highest BCUT2D eigenvalue weighted by atomic mass is 16.3. The number of rotatable bonds is 10. The van der Waals surface area contributed by atoms with E-state index in [0.29, 0.717) is 18.3 Å². The molecule has 0 aliphatic carbocycles. The van der Waals surface area contributed by atoms with Gasteiger partial charge in [0.25, 0.3) is 0 Å². The van der Waals surface area contributed by atoms with Crippen LogP contribution in [0, 0.1) is 0 Å². The summed E-state index contributed by atoms with van der Waals surface area (Å²) in [7, 11) is 1.88. The van der Waals surface area contributed by atoms with Gasteiger partial charge in [-0.2, -0.15) is 9.97 Å². The summed E-state index contributed by atoms with van der Waals surface area (Å²) in [6.45, 7) is 6.80. The summed E-state index contributed by atoms with van der Waals surface area (Å²) in [5.74, 6) is 1.14. The van der Waals surface area contributed by atoms with Gasteiger partial charge in [0, 0.05) is 25.2 Å². The van der Waals surface area contributed by atoms with Crippen LogP contribution in [0.15, 0.2) is 48.9 Å². The Morgan fingerprint density at radius 3 is 2.44 bits per heavy atom. The third-order valence-corrected chi connectivity index (χ3v) is 5.79. The topological polar surface area (TPSA) is 113 Å². The molecule has 0 saturated carbocycles. The lowest BCUT2D eigenvalue weighted by Gasteiger charge is -2.16. The van der Waals surface area contributed by atoms with Gasteiger partial charge in [-0.15, -0.1) is 0 Å². The van der Waals surface area contributed by atoms with E-state index in [-0.39, 0.29) is 18.7 Å². The molecule has 3 aromatic heterocycles. The number of anilines is 3. The van der Waals surface area contributed by atoms with Crippen molar-refractivity contribution in [2.45, 2.75) is 45.8 Å². The molecular weight excluding hydrogens is 428 g/mol. The van der Waals surface area contributed by atoms with Crippen LogP contribution in [0.2, 0.25) is 0 Å². The lowest BCUT2D eigenvalue weighted by molar-refractivity contribution is 0.271. The van der Waals surface area contributed by atoms with Gasteiger partial charge < -0.3 is 25.6 Å². The summed E-state index contributed by atoms with van der Waals surface area (Å²) >= 11 is 0. The van der Waals surface area contributed by atoms with Crippen molar-refractivity contribution in [3.8, 4) is 11.3 Å². The maximum absolute atomic E-state index is 9.60. The van der Waals surface area contributed by atoms with Gasteiger partial charge >= 0.3 is 0 Å². The van der Waals surface area contributed by atoms with E-state index in [2.05, 4.69) is 74.0 Å². The molecule has 0 amide bonds. The second-order valence-corrected chi connectivity index (χ2v) is 8.48. The average molecular weight is 461 g/mol. The lowest BCUT2D eigenvalue weighted by atomic mass is 10.1. The summed E-state index contributed by atoms with van der Waals surface area (Å²) < 4.78 is 2.02. The fourth-order valence-corrected chi connectivity index (χ4v) is 3.63. The van der Waals surface area contributed by atoms with Crippen molar-refractivity contribution in [3.63, 3.8) is 0 Å². The molecule has 34 heavy (non-hydrogen) atoms. The number of hydrogen-bond donors (Lipinski definition) is 4. The minimum Gasteiger partial charge on any atom is -0.394 e. The van der Waals surface area contributed by atoms with Crippen molar-refractivity contribution in [2.24, 2.45) is 0 Å². The van der Waals surface area contributed by atoms with Crippen molar-refractivity contribution in [1.82, 2.24) is 24.5 Å². The van der Waals surface area contributed by atoms with E-state index in [1.165, 1.54) is 0 Å². The van der Waals surface area contributed by atoms with Crippen molar-refractivity contribution in [2.75, 3.05) is 29.6 Å². The predicted molar refractivity (Wildman–Crippen MR) is 137 cm³/mol. The molecule has 0 radical (unpaired) electrons. The van der Waals surface area contributed by atoms with Gasteiger partial charge in [0.05, 0.1) is 36.6 Å². The van der Waals surface area contributed by atoms with Gasteiger partial charge in [0.2, 0.25) is 5.95 Å². The molecule has 9 nitrogen and oxygen atoms in total. The van der Waals surface area contributed by atoms with E-state index < -0.39 is 0 Å². The Labute approximate surface area is 199 Å². The Hall–Kier alpha value is -3.72. The van der Waals surface area contributed by atoms with Gasteiger partial charge in [-0.05, 0) is 38.0 Å². The highest BCUT2D eigenvalue weighted by Crippen LogP contribution is 2.25. The number of hydrogen-bond acceptors (Lipinski definition) is 8. The van der Waals surface area contributed by atoms with E-state index in [4.69, 9.17) is 0 Å². The first-order valence-electron chi connectivity index (χ1n) is 11.6. The van der Waals surface area contributed by atoms with Crippen LogP contribution in [0.5, 0.6) is 0 Å². The standard InChI is InChI=1S/C25H32N8O/c1-5-19(14-34)30-25-31-23(22-24(32-25)33(15-29-22)16(2)3)28-12-17-6-8-18(9-7-17)21-11-10-20(26-4)13-27-21/h6-11,13,15-16,19,26,34H,5,12,14H2,1-4H3,(H2,28,30,31,32). The molecule has 1 atom stereocenters. The van der Waals surface area contributed by atoms with Gasteiger partial charge in [-0.25, -0.2) is 4.98 Å². The molecule has 0 aliphatic heterocycles. The Bertz CT molecular complexity index is 1210. The van der Waals surface area contributed by atoms with Gasteiger partial charge in [-0.3, -0.25) is 4.98 Å². The lowest BCUT2D eigenvalue weighted by Crippen LogP contribution is -2.24. The number of imidazole rings is 1. The second-order valence-electron chi connectivity index (χ2n) is 8.48. The number of nitrogens with one attached hydrogen (secondary N) is 3.